The lowest BCUT2D eigenvalue weighted by atomic mass is 9.79. The maximum Gasteiger partial charge on any atom is 0.0430 e. The fraction of sp³-hybridized carbons (Fsp3) is 0.407. The van der Waals surface area contributed by atoms with E-state index in [1.165, 1.54) is 105 Å². The maximum atomic E-state index is 2.45. The van der Waals surface area contributed by atoms with E-state index in [-0.39, 0.29) is 0 Å². The van der Waals surface area contributed by atoms with Gasteiger partial charge in [-0.3, -0.25) is 0 Å². The zero-order valence-electron chi connectivity index (χ0n) is 17.6. The Morgan fingerprint density at radius 3 is 1.93 bits per heavy atom. The minimum absolute atomic E-state index is 1.25. The Bertz CT molecular complexity index is 1160. The largest absolute Gasteiger partial charge is 0.140 e. The monoisotopic (exact) mass is 418 g/mol. The molecule has 0 atom stereocenters. The van der Waals surface area contributed by atoms with E-state index in [9.17, 15) is 0 Å². The van der Waals surface area contributed by atoms with Crippen molar-refractivity contribution in [1.29, 1.82) is 0 Å². The van der Waals surface area contributed by atoms with E-state index in [4.69, 9.17) is 0 Å². The first-order chi connectivity index (χ1) is 14.3. The quantitative estimate of drug-likeness (QED) is 0.209. The van der Waals surface area contributed by atoms with Gasteiger partial charge in [-0.25, -0.2) is 0 Å². The van der Waals surface area contributed by atoms with E-state index in [0.717, 1.165) is 0 Å². The average molecular weight is 419 g/mol. The van der Waals surface area contributed by atoms with Gasteiger partial charge in [0.05, 0.1) is 0 Å². The van der Waals surface area contributed by atoms with Crippen molar-refractivity contribution in [3.63, 3.8) is 0 Å². The number of aryl methyl sites for hydroxylation is 2. The molecule has 4 aromatic rings. The van der Waals surface area contributed by atoms with Crippen molar-refractivity contribution in [2.45, 2.75) is 71.6 Å². The highest BCUT2D eigenvalue weighted by Crippen LogP contribution is 2.56. The van der Waals surface area contributed by atoms with Crippen molar-refractivity contribution in [3.05, 3.63) is 46.2 Å². The Labute approximate surface area is 182 Å². The van der Waals surface area contributed by atoms with Crippen LogP contribution in [-0.2, 0) is 6.42 Å². The Hall–Kier alpha value is -1.64. The van der Waals surface area contributed by atoms with Crippen LogP contribution in [0.5, 0.6) is 0 Å². The molecule has 0 saturated carbocycles. The van der Waals surface area contributed by atoms with E-state index in [0.29, 0.717) is 0 Å². The van der Waals surface area contributed by atoms with Crippen LogP contribution in [0.15, 0.2) is 36.4 Å². The van der Waals surface area contributed by atoms with Gasteiger partial charge in [0.25, 0.3) is 0 Å². The molecule has 0 radical (unpaired) electrons. The second kappa shape index (κ2) is 8.24. The van der Waals surface area contributed by atoms with Crippen molar-refractivity contribution in [2.75, 3.05) is 0 Å². The molecule has 0 N–H and O–H groups in total. The van der Waals surface area contributed by atoms with E-state index < -0.39 is 0 Å². The Morgan fingerprint density at radius 1 is 0.655 bits per heavy atom. The van der Waals surface area contributed by atoms with Crippen LogP contribution >= 0.6 is 22.7 Å². The molecular weight excluding hydrogens is 388 g/mol. The maximum absolute atomic E-state index is 2.45. The standard InChI is InChI=1S/C27H30S2/c1-3-4-5-6-7-8-9-10-11-21-17-20-13-15-23-24-22(25(23)27(20)29-21)14-12-19-16-18(2)28-26(19)24/h12-17H,3-11H2,1-2H3. The molecular formula is C27H30S2. The van der Waals surface area contributed by atoms with E-state index >= 15 is 0 Å². The predicted molar refractivity (Wildman–Crippen MR) is 133 cm³/mol. The number of hydrogen-bond donors (Lipinski definition) is 0. The van der Waals surface area contributed by atoms with Crippen LogP contribution in [0.1, 0.15) is 68.0 Å². The van der Waals surface area contributed by atoms with Crippen molar-refractivity contribution in [3.8, 4) is 22.3 Å². The minimum Gasteiger partial charge on any atom is -0.140 e. The summed E-state index contributed by atoms with van der Waals surface area (Å²) in [5, 5.41) is 2.84. The summed E-state index contributed by atoms with van der Waals surface area (Å²) < 4.78 is 2.99. The third-order valence-corrected chi connectivity index (χ3v) is 8.68. The van der Waals surface area contributed by atoms with Gasteiger partial charge in [0.15, 0.2) is 0 Å². The highest BCUT2D eigenvalue weighted by atomic mass is 32.1. The molecule has 29 heavy (non-hydrogen) atoms. The molecule has 5 rings (SSSR count). The fourth-order valence-electron chi connectivity index (χ4n) is 4.83. The molecule has 0 amide bonds. The van der Waals surface area contributed by atoms with Crippen LogP contribution in [0.2, 0.25) is 0 Å². The second-order valence-electron chi connectivity index (χ2n) is 8.61. The molecule has 0 nitrogen and oxygen atoms in total. The molecule has 0 saturated heterocycles. The van der Waals surface area contributed by atoms with E-state index in [1.807, 2.05) is 22.7 Å². The number of unbranched alkanes of at least 4 members (excludes halogenated alkanes) is 7. The second-order valence-corrected chi connectivity index (χ2v) is 11.0. The molecule has 1 aliphatic rings. The topological polar surface area (TPSA) is 0 Å². The minimum atomic E-state index is 1.25. The van der Waals surface area contributed by atoms with Gasteiger partial charge in [-0.05, 0) is 53.8 Å². The lowest BCUT2D eigenvalue weighted by Crippen LogP contribution is -1.98. The lowest BCUT2D eigenvalue weighted by molar-refractivity contribution is 0.576. The average Bonchev–Trinajstić information content (AvgIpc) is 3.27. The third kappa shape index (κ3) is 3.55. The van der Waals surface area contributed by atoms with Crippen LogP contribution in [0.4, 0.5) is 0 Å². The summed E-state index contributed by atoms with van der Waals surface area (Å²) in [5.41, 5.74) is 5.95. The van der Waals surface area contributed by atoms with E-state index in [1.54, 1.807) is 4.88 Å². The van der Waals surface area contributed by atoms with Gasteiger partial charge in [-0.2, -0.15) is 0 Å². The Kier molecular flexibility index (Phi) is 5.49. The number of fused-ring (bicyclic) bond motifs is 8. The Morgan fingerprint density at radius 2 is 1.24 bits per heavy atom. The van der Waals surface area contributed by atoms with Gasteiger partial charge in [-0.1, -0.05) is 76.1 Å². The zero-order chi connectivity index (χ0) is 19.8. The fourth-order valence-corrected chi connectivity index (χ4v) is 7.17. The normalized spacial score (nSPS) is 12.3. The number of thiophene rings is 2. The predicted octanol–water partition coefficient (Wildman–Crippen LogP) is 9.76. The first-order valence-corrected chi connectivity index (χ1v) is 13.0. The van der Waals surface area contributed by atoms with Gasteiger partial charge >= 0.3 is 0 Å². The molecule has 2 heteroatoms. The van der Waals surface area contributed by atoms with Gasteiger partial charge in [-0.15, -0.1) is 22.7 Å². The number of rotatable bonds is 9. The molecule has 2 aromatic carbocycles. The van der Waals surface area contributed by atoms with Crippen molar-refractivity contribution < 1.29 is 0 Å². The Balaban J connectivity index is 1.29. The van der Waals surface area contributed by atoms with Crippen LogP contribution in [-0.4, -0.2) is 0 Å². The van der Waals surface area contributed by atoms with Gasteiger partial charge in [0.1, 0.15) is 0 Å². The summed E-state index contributed by atoms with van der Waals surface area (Å²) in [6, 6.07) is 14.2. The molecule has 0 aliphatic heterocycles. The van der Waals surface area contributed by atoms with Crippen LogP contribution in [0.25, 0.3) is 42.4 Å². The molecule has 0 bridgehead atoms. The van der Waals surface area contributed by atoms with Crippen LogP contribution in [0, 0.1) is 6.92 Å². The van der Waals surface area contributed by atoms with Crippen LogP contribution in [0.3, 0.4) is 0 Å². The van der Waals surface area contributed by atoms with E-state index in [2.05, 4.69) is 50.2 Å². The summed E-state index contributed by atoms with van der Waals surface area (Å²) in [5.74, 6) is 0. The van der Waals surface area contributed by atoms with Crippen LogP contribution < -0.4 is 0 Å². The number of benzene rings is 2. The van der Waals surface area contributed by atoms with Crippen molar-refractivity contribution >= 4 is 42.8 Å². The summed E-state index contributed by atoms with van der Waals surface area (Å²) >= 11 is 3.99. The van der Waals surface area contributed by atoms with Crippen molar-refractivity contribution in [1.82, 2.24) is 0 Å². The first kappa shape index (κ1) is 19.3. The SMILES string of the molecule is CCCCCCCCCCc1cc2ccc3c(c2s1)-c1ccc2cc(C)sc2c1-3. The first-order valence-electron chi connectivity index (χ1n) is 11.4. The van der Waals surface area contributed by atoms with Gasteiger partial charge in [0, 0.05) is 30.3 Å². The molecule has 0 fully saturated rings. The van der Waals surface area contributed by atoms with Gasteiger partial charge in [0.2, 0.25) is 0 Å². The summed E-state index contributed by atoms with van der Waals surface area (Å²) in [7, 11) is 0. The molecule has 2 aromatic heterocycles. The summed E-state index contributed by atoms with van der Waals surface area (Å²) in [6.07, 6.45) is 12.4. The molecule has 150 valence electrons. The summed E-state index contributed by atoms with van der Waals surface area (Å²) in [4.78, 5) is 2.98. The highest BCUT2D eigenvalue weighted by molar-refractivity contribution is 7.20. The highest BCUT2D eigenvalue weighted by Gasteiger charge is 2.28. The van der Waals surface area contributed by atoms with Crippen molar-refractivity contribution in [2.24, 2.45) is 0 Å². The lowest BCUT2D eigenvalue weighted by Gasteiger charge is -2.25. The molecule has 2 heterocycles. The summed E-state index contributed by atoms with van der Waals surface area (Å²) in [6.45, 7) is 4.51. The van der Waals surface area contributed by atoms with Gasteiger partial charge < -0.3 is 0 Å². The zero-order valence-corrected chi connectivity index (χ0v) is 19.3. The molecule has 0 spiro atoms. The molecule has 0 unspecified atom stereocenters. The smallest absolute Gasteiger partial charge is 0.0430 e. The third-order valence-electron chi connectivity index (χ3n) is 6.36. The number of hydrogen-bond acceptors (Lipinski definition) is 2. The molecule has 1 aliphatic carbocycles.